The lowest BCUT2D eigenvalue weighted by Crippen LogP contribution is -1.90. The Hall–Kier alpha value is -5.12. The molecule has 0 atom stereocenters. The zero-order chi connectivity index (χ0) is 35.3. The van der Waals surface area contributed by atoms with Crippen LogP contribution in [-0.2, 0) is 0 Å². The number of thiol groups is 4. The molecule has 250 valence electrons. The lowest BCUT2D eigenvalue weighted by molar-refractivity contribution is 1.30. The predicted octanol–water partition coefficient (Wildman–Crippen LogP) is 12.5. The molecule has 0 saturated carbocycles. The van der Waals surface area contributed by atoms with Crippen LogP contribution in [0.25, 0.3) is 90.9 Å². The van der Waals surface area contributed by atoms with Crippen LogP contribution in [0.4, 0.5) is 0 Å². The first kappa shape index (κ1) is 32.8. The number of nitrogens with zero attached hydrogens (tertiary/aromatic N) is 2. The van der Waals surface area contributed by atoms with Gasteiger partial charge in [0, 0.05) is 63.9 Å². The van der Waals surface area contributed by atoms with Crippen LogP contribution in [0.2, 0.25) is 0 Å². The smallest absolute Gasteiger partial charge is 0.0737 e. The van der Waals surface area contributed by atoms with Crippen LogP contribution in [0.5, 0.6) is 0 Å². The largest absolute Gasteiger partial charge is 0.354 e. The van der Waals surface area contributed by atoms with Gasteiger partial charge in [-0.05, 0) is 119 Å². The Morgan fingerprint density at radius 1 is 0.288 bits per heavy atom. The summed E-state index contributed by atoms with van der Waals surface area (Å²) in [6, 6.07) is 41.4. The van der Waals surface area contributed by atoms with Crippen molar-refractivity contribution in [1.82, 2.24) is 19.9 Å². The predicted molar refractivity (Wildman–Crippen MR) is 230 cm³/mol. The van der Waals surface area contributed by atoms with E-state index in [1.54, 1.807) is 0 Å². The first-order chi connectivity index (χ1) is 25.4. The zero-order valence-corrected chi connectivity index (χ0v) is 31.1. The molecular weight excluding hydrogens is 713 g/mol. The lowest BCUT2D eigenvalue weighted by Gasteiger charge is -2.07. The Morgan fingerprint density at radius 2 is 0.500 bits per heavy atom. The molecular formula is C44H30N4S4. The number of benzene rings is 4. The van der Waals surface area contributed by atoms with Crippen LogP contribution in [0.3, 0.4) is 0 Å². The highest BCUT2D eigenvalue weighted by molar-refractivity contribution is 7.80. The second-order valence-corrected chi connectivity index (χ2v) is 14.8. The lowest BCUT2D eigenvalue weighted by atomic mass is 10.0. The highest BCUT2D eigenvalue weighted by Gasteiger charge is 2.19. The van der Waals surface area contributed by atoms with Crippen molar-refractivity contribution in [1.29, 1.82) is 0 Å². The molecule has 0 fully saturated rings. The van der Waals surface area contributed by atoms with Gasteiger partial charge in [0.25, 0.3) is 0 Å². The molecule has 0 aliphatic carbocycles. The van der Waals surface area contributed by atoms with Crippen molar-refractivity contribution in [3.63, 3.8) is 0 Å². The van der Waals surface area contributed by atoms with Gasteiger partial charge in [0.05, 0.1) is 22.8 Å². The third kappa shape index (κ3) is 6.11. The Morgan fingerprint density at radius 3 is 0.712 bits per heavy atom. The van der Waals surface area contributed by atoms with E-state index in [0.29, 0.717) is 0 Å². The van der Waals surface area contributed by atoms with Gasteiger partial charge >= 0.3 is 0 Å². The van der Waals surface area contributed by atoms with Gasteiger partial charge < -0.3 is 9.97 Å². The summed E-state index contributed by atoms with van der Waals surface area (Å²) in [4.78, 5) is 21.9. The molecule has 8 heteroatoms. The molecule has 52 heavy (non-hydrogen) atoms. The minimum Gasteiger partial charge on any atom is -0.354 e. The van der Waals surface area contributed by atoms with E-state index >= 15 is 0 Å². The zero-order valence-electron chi connectivity index (χ0n) is 27.5. The maximum absolute atomic E-state index is 5.36. The van der Waals surface area contributed by atoms with E-state index in [0.717, 1.165) is 109 Å². The molecule has 7 aromatic rings. The van der Waals surface area contributed by atoms with Gasteiger partial charge in [0.2, 0.25) is 0 Å². The summed E-state index contributed by atoms with van der Waals surface area (Å²) in [6.45, 7) is 0. The quantitative estimate of drug-likeness (QED) is 0.102. The van der Waals surface area contributed by atoms with E-state index < -0.39 is 0 Å². The fraction of sp³-hybridized carbons (Fsp3) is 0. The number of aromatic amines is 2. The molecule has 0 unspecified atom stereocenters. The first-order valence-electron chi connectivity index (χ1n) is 16.7. The van der Waals surface area contributed by atoms with Crippen molar-refractivity contribution in [2.45, 2.75) is 19.6 Å². The van der Waals surface area contributed by atoms with Crippen molar-refractivity contribution >= 4 is 96.9 Å². The molecule has 4 nitrogen and oxygen atoms in total. The molecule has 5 heterocycles. The molecule has 8 bridgehead atoms. The second-order valence-electron chi connectivity index (χ2n) is 12.7. The molecule has 3 aromatic heterocycles. The van der Waals surface area contributed by atoms with Crippen molar-refractivity contribution in [3.8, 4) is 44.5 Å². The number of hydrogen-bond donors (Lipinski definition) is 6. The van der Waals surface area contributed by atoms with Gasteiger partial charge in [-0.25, -0.2) is 9.97 Å². The topological polar surface area (TPSA) is 57.4 Å². The summed E-state index contributed by atoms with van der Waals surface area (Å²) in [6.07, 6.45) is 8.41. The third-order valence-electron chi connectivity index (χ3n) is 9.38. The molecule has 2 aliphatic heterocycles. The van der Waals surface area contributed by atoms with E-state index in [1.165, 1.54) is 0 Å². The molecule has 4 aromatic carbocycles. The maximum Gasteiger partial charge on any atom is 0.0737 e. The van der Waals surface area contributed by atoms with Crippen LogP contribution in [0, 0.1) is 0 Å². The van der Waals surface area contributed by atoms with Crippen molar-refractivity contribution in [3.05, 3.63) is 144 Å². The van der Waals surface area contributed by atoms with E-state index in [2.05, 4.69) is 158 Å². The highest BCUT2D eigenvalue weighted by Crippen LogP contribution is 2.39. The van der Waals surface area contributed by atoms with Gasteiger partial charge in [0.1, 0.15) is 0 Å². The molecule has 0 radical (unpaired) electrons. The SMILES string of the molecule is Sc1ccc(-c2c3nc(c(-c4ccc(S)cc4)c4ccc([nH]4)c(-c4ccc(S)cc4)c4nc(c(-c5ccc(S)cc5)c5ccc2[nH]5)C=C4)C=C3)cc1. The summed E-state index contributed by atoms with van der Waals surface area (Å²) in [5, 5.41) is 0. The maximum atomic E-state index is 5.36. The number of H-pyrrole nitrogens is 2. The van der Waals surface area contributed by atoms with Gasteiger partial charge in [-0.2, -0.15) is 0 Å². The molecule has 0 saturated heterocycles. The summed E-state index contributed by atoms with van der Waals surface area (Å²) in [5.41, 5.74) is 15.2. The second kappa shape index (κ2) is 13.5. The third-order valence-corrected chi connectivity index (χ3v) is 10.6. The first-order valence-corrected chi connectivity index (χ1v) is 18.5. The molecule has 9 rings (SSSR count). The molecule has 2 N–H and O–H groups in total. The summed E-state index contributed by atoms with van der Waals surface area (Å²) in [5.74, 6) is 0. The Balaban J connectivity index is 1.47. The molecule has 2 aliphatic rings. The van der Waals surface area contributed by atoms with Gasteiger partial charge in [0.15, 0.2) is 0 Å². The summed E-state index contributed by atoms with van der Waals surface area (Å²) < 4.78 is 0. The van der Waals surface area contributed by atoms with Gasteiger partial charge in [-0.15, -0.1) is 50.5 Å². The van der Waals surface area contributed by atoms with Crippen molar-refractivity contribution < 1.29 is 0 Å². The summed E-state index contributed by atoms with van der Waals surface area (Å²) in [7, 11) is 0. The number of hydrogen-bond acceptors (Lipinski definition) is 6. The average molecular weight is 743 g/mol. The van der Waals surface area contributed by atoms with E-state index in [-0.39, 0.29) is 0 Å². The standard InChI is InChI=1S/C44H30N4S4/c49-29-9-1-25(2-10-29)41-33-17-19-35(45-33)42(26-3-11-30(50)12-4-26)37-21-23-39(47-37)44(28-7-15-32(52)16-8-28)40-24-22-38(48-40)43(36-20-18-34(41)46-36)27-5-13-31(51)14-6-27/h1-24,45,48-52H. The fourth-order valence-electron chi connectivity index (χ4n) is 6.93. The van der Waals surface area contributed by atoms with Crippen LogP contribution >= 0.6 is 50.5 Å². The number of rotatable bonds is 4. The fourth-order valence-corrected chi connectivity index (χ4v) is 7.53. The van der Waals surface area contributed by atoms with Crippen LogP contribution < -0.4 is 0 Å². The van der Waals surface area contributed by atoms with Crippen molar-refractivity contribution in [2.24, 2.45) is 0 Å². The number of nitrogens with one attached hydrogen (secondary N) is 2. The highest BCUT2D eigenvalue weighted by atomic mass is 32.1. The Kier molecular flexibility index (Phi) is 8.48. The average Bonchev–Trinajstić information content (AvgIpc) is 3.99. The number of fused-ring (bicyclic) bond motifs is 8. The van der Waals surface area contributed by atoms with Crippen molar-refractivity contribution in [2.75, 3.05) is 0 Å². The van der Waals surface area contributed by atoms with Crippen LogP contribution in [-0.4, -0.2) is 19.9 Å². The number of aromatic nitrogens is 4. The molecule has 0 amide bonds. The minimum atomic E-state index is 0.853. The van der Waals surface area contributed by atoms with Crippen LogP contribution in [0.15, 0.2) is 141 Å². The van der Waals surface area contributed by atoms with Gasteiger partial charge in [-0.3, -0.25) is 0 Å². The minimum absolute atomic E-state index is 0.853. The van der Waals surface area contributed by atoms with E-state index in [1.807, 2.05) is 48.5 Å². The normalized spacial score (nSPS) is 12.1. The summed E-state index contributed by atoms with van der Waals surface area (Å²) >= 11 is 18.3. The monoisotopic (exact) mass is 742 g/mol. The Labute approximate surface area is 323 Å². The van der Waals surface area contributed by atoms with E-state index in [4.69, 9.17) is 9.97 Å². The Bertz CT molecular complexity index is 2370. The molecule has 0 spiro atoms. The van der Waals surface area contributed by atoms with Gasteiger partial charge in [-0.1, -0.05) is 48.5 Å². The van der Waals surface area contributed by atoms with E-state index in [9.17, 15) is 0 Å². The van der Waals surface area contributed by atoms with Crippen LogP contribution in [0.1, 0.15) is 22.8 Å².